The molecule has 1 aromatic heterocycles. The highest BCUT2D eigenvalue weighted by atomic mass is 19.1. The molecule has 33 heavy (non-hydrogen) atoms. The number of hydrogen-bond donors (Lipinski definition) is 1. The molecule has 2 aliphatic heterocycles. The molecule has 1 aliphatic carbocycles. The van der Waals surface area contributed by atoms with Crippen LogP contribution in [-0.2, 0) is 4.74 Å². The molecular formula is C25H29F2N5O. The van der Waals surface area contributed by atoms with E-state index >= 15 is 0 Å². The van der Waals surface area contributed by atoms with E-state index in [1.54, 1.807) is 6.92 Å². The average Bonchev–Trinajstić information content (AvgIpc) is 3.34. The van der Waals surface area contributed by atoms with Crippen molar-refractivity contribution in [3.05, 3.63) is 41.0 Å². The summed E-state index contributed by atoms with van der Waals surface area (Å²) in [5.74, 6) is 1.35. The maximum atomic E-state index is 14.3. The topological polar surface area (TPSA) is 74.1 Å². The SMILES string of the molecule is Cc1c(-c2cc(F)ccc2F)nnc(NC2C[C@@H]3CN(CC4CCOCC4)C[C@@H]3C2)c1C#N. The number of nitrogens with zero attached hydrogens (tertiary/aromatic N) is 4. The lowest BCUT2D eigenvalue weighted by Gasteiger charge is -2.27. The second-order valence-electron chi connectivity index (χ2n) is 9.74. The standard InChI is InChI=1S/C25H29F2N5O/c1-15-22(11-28)25(31-30-24(15)21-10-19(26)2-3-23(21)27)29-20-8-17-13-32(14-18(17)9-20)12-16-4-6-33-7-5-16/h2-3,10,16-18,20H,4-9,12-14H2,1H3,(H,29,31)/t17-,18+,20?. The fraction of sp³-hybridized carbons (Fsp3) is 0.560. The minimum absolute atomic E-state index is 0.0167. The number of aromatic nitrogens is 2. The summed E-state index contributed by atoms with van der Waals surface area (Å²) in [6.45, 7) is 6.93. The first-order chi connectivity index (χ1) is 16.0. The summed E-state index contributed by atoms with van der Waals surface area (Å²) < 4.78 is 33.4. The quantitative estimate of drug-likeness (QED) is 0.733. The molecule has 174 valence electrons. The summed E-state index contributed by atoms with van der Waals surface area (Å²) in [6, 6.07) is 5.63. The third kappa shape index (κ3) is 4.57. The molecule has 8 heteroatoms. The van der Waals surface area contributed by atoms with Crippen molar-refractivity contribution in [2.75, 3.05) is 38.2 Å². The third-order valence-electron chi connectivity index (χ3n) is 7.54. The van der Waals surface area contributed by atoms with Crippen LogP contribution >= 0.6 is 0 Å². The van der Waals surface area contributed by atoms with Crippen molar-refractivity contribution in [3.8, 4) is 17.3 Å². The van der Waals surface area contributed by atoms with E-state index in [1.807, 2.05) is 0 Å². The van der Waals surface area contributed by atoms with Crippen molar-refractivity contribution in [2.45, 2.75) is 38.6 Å². The lowest BCUT2D eigenvalue weighted by molar-refractivity contribution is 0.0545. The van der Waals surface area contributed by atoms with Gasteiger partial charge in [0.25, 0.3) is 0 Å². The van der Waals surface area contributed by atoms with E-state index in [2.05, 4.69) is 26.5 Å². The van der Waals surface area contributed by atoms with Gasteiger partial charge in [-0.05, 0) is 74.1 Å². The van der Waals surface area contributed by atoms with Crippen molar-refractivity contribution in [1.29, 1.82) is 5.26 Å². The maximum Gasteiger partial charge on any atom is 0.167 e. The van der Waals surface area contributed by atoms with E-state index in [9.17, 15) is 14.0 Å². The summed E-state index contributed by atoms with van der Waals surface area (Å²) in [5.41, 5.74) is 1.05. The van der Waals surface area contributed by atoms with Crippen LogP contribution in [-0.4, -0.2) is 54.0 Å². The molecule has 3 atom stereocenters. The van der Waals surface area contributed by atoms with Crippen LogP contribution in [0.2, 0.25) is 0 Å². The molecule has 1 saturated carbocycles. The van der Waals surface area contributed by atoms with Crippen LogP contribution in [0.15, 0.2) is 18.2 Å². The number of nitriles is 1. The predicted octanol–water partition coefficient (Wildman–Crippen LogP) is 4.15. The minimum Gasteiger partial charge on any atom is -0.381 e. The van der Waals surface area contributed by atoms with E-state index in [0.29, 0.717) is 28.8 Å². The van der Waals surface area contributed by atoms with Gasteiger partial charge < -0.3 is 15.0 Å². The van der Waals surface area contributed by atoms with Gasteiger partial charge in [-0.25, -0.2) is 8.78 Å². The van der Waals surface area contributed by atoms with E-state index < -0.39 is 11.6 Å². The highest BCUT2D eigenvalue weighted by Crippen LogP contribution is 2.40. The molecule has 1 aromatic carbocycles. The number of ether oxygens (including phenoxy) is 1. The molecule has 1 unspecified atom stereocenters. The summed E-state index contributed by atoms with van der Waals surface area (Å²) in [6.07, 6.45) is 4.42. The number of likely N-dealkylation sites (tertiary alicyclic amines) is 1. The van der Waals surface area contributed by atoms with Crippen LogP contribution < -0.4 is 5.32 Å². The maximum absolute atomic E-state index is 14.3. The largest absolute Gasteiger partial charge is 0.381 e. The fourth-order valence-electron chi connectivity index (χ4n) is 5.85. The highest BCUT2D eigenvalue weighted by molar-refractivity contribution is 5.70. The van der Waals surface area contributed by atoms with Crippen LogP contribution in [0.4, 0.5) is 14.6 Å². The number of benzene rings is 1. The molecule has 2 aromatic rings. The number of nitrogens with one attached hydrogen (secondary N) is 1. The monoisotopic (exact) mass is 453 g/mol. The van der Waals surface area contributed by atoms with E-state index in [0.717, 1.165) is 63.3 Å². The van der Waals surface area contributed by atoms with Crippen molar-refractivity contribution < 1.29 is 13.5 Å². The average molecular weight is 454 g/mol. The zero-order valence-electron chi connectivity index (χ0n) is 18.9. The molecule has 1 N–H and O–H groups in total. The Kier molecular flexibility index (Phi) is 6.26. The van der Waals surface area contributed by atoms with Gasteiger partial charge in [-0.2, -0.15) is 5.26 Å². The molecule has 0 spiro atoms. The normalized spacial score (nSPS) is 25.7. The molecule has 3 heterocycles. The van der Waals surface area contributed by atoms with E-state index in [-0.39, 0.29) is 17.3 Å². The predicted molar refractivity (Wildman–Crippen MR) is 120 cm³/mol. The van der Waals surface area contributed by atoms with Crippen molar-refractivity contribution in [3.63, 3.8) is 0 Å². The third-order valence-corrected chi connectivity index (χ3v) is 7.54. The first-order valence-corrected chi connectivity index (χ1v) is 11.8. The second kappa shape index (κ2) is 9.32. The number of anilines is 1. The van der Waals surface area contributed by atoms with Crippen molar-refractivity contribution >= 4 is 5.82 Å². The second-order valence-corrected chi connectivity index (χ2v) is 9.74. The summed E-state index contributed by atoms with van der Waals surface area (Å²) in [5, 5.41) is 21.6. The van der Waals surface area contributed by atoms with Gasteiger partial charge in [-0.1, -0.05) is 0 Å². The van der Waals surface area contributed by atoms with Gasteiger partial charge in [0.05, 0.1) is 0 Å². The molecule has 6 nitrogen and oxygen atoms in total. The van der Waals surface area contributed by atoms with Gasteiger partial charge in [0, 0.05) is 44.5 Å². The van der Waals surface area contributed by atoms with Crippen LogP contribution in [0.3, 0.4) is 0 Å². The number of hydrogen-bond acceptors (Lipinski definition) is 6. The lowest BCUT2D eigenvalue weighted by atomic mass is 10.00. The van der Waals surface area contributed by atoms with Gasteiger partial charge in [0.15, 0.2) is 5.82 Å². The molecule has 0 amide bonds. The van der Waals surface area contributed by atoms with Crippen LogP contribution in [0.25, 0.3) is 11.3 Å². The minimum atomic E-state index is -0.590. The Balaban J connectivity index is 1.25. The zero-order chi connectivity index (χ0) is 22.9. The van der Waals surface area contributed by atoms with Gasteiger partial charge in [-0.15, -0.1) is 10.2 Å². The Hall–Kier alpha value is -2.63. The number of halogens is 2. The molecule has 3 aliphatic rings. The van der Waals surface area contributed by atoms with Gasteiger partial charge in [0.2, 0.25) is 0 Å². The Bertz CT molecular complexity index is 1050. The number of fused-ring (bicyclic) bond motifs is 1. The fourth-order valence-corrected chi connectivity index (χ4v) is 5.85. The number of rotatable bonds is 5. The lowest BCUT2D eigenvalue weighted by Crippen LogP contribution is -2.32. The summed E-state index contributed by atoms with van der Waals surface area (Å²) >= 11 is 0. The van der Waals surface area contributed by atoms with Crippen molar-refractivity contribution in [2.24, 2.45) is 17.8 Å². The molecule has 5 rings (SSSR count). The summed E-state index contributed by atoms with van der Waals surface area (Å²) in [4.78, 5) is 2.62. The molecule has 0 radical (unpaired) electrons. The van der Waals surface area contributed by atoms with Gasteiger partial charge in [0.1, 0.15) is 29.0 Å². The molecule has 2 saturated heterocycles. The van der Waals surface area contributed by atoms with Crippen LogP contribution in [0.5, 0.6) is 0 Å². The van der Waals surface area contributed by atoms with Crippen LogP contribution in [0, 0.1) is 47.6 Å². The van der Waals surface area contributed by atoms with Crippen molar-refractivity contribution in [1.82, 2.24) is 15.1 Å². The van der Waals surface area contributed by atoms with Crippen LogP contribution in [0.1, 0.15) is 36.8 Å². The van der Waals surface area contributed by atoms with Gasteiger partial charge in [-0.3, -0.25) is 0 Å². The molecule has 3 fully saturated rings. The van der Waals surface area contributed by atoms with E-state index in [4.69, 9.17) is 4.74 Å². The Morgan fingerprint density at radius 2 is 1.88 bits per heavy atom. The Morgan fingerprint density at radius 1 is 1.15 bits per heavy atom. The smallest absolute Gasteiger partial charge is 0.167 e. The van der Waals surface area contributed by atoms with Gasteiger partial charge >= 0.3 is 0 Å². The molecular weight excluding hydrogens is 424 g/mol. The summed E-state index contributed by atoms with van der Waals surface area (Å²) in [7, 11) is 0. The molecule has 0 bridgehead atoms. The van der Waals surface area contributed by atoms with E-state index in [1.165, 1.54) is 19.4 Å². The first kappa shape index (κ1) is 22.2. The Labute approximate surface area is 192 Å². The first-order valence-electron chi connectivity index (χ1n) is 11.8. The Morgan fingerprint density at radius 3 is 2.58 bits per heavy atom. The zero-order valence-corrected chi connectivity index (χ0v) is 18.9. The highest BCUT2D eigenvalue weighted by Gasteiger charge is 2.41.